The highest BCUT2D eigenvalue weighted by atomic mass is 16.5. The van der Waals surface area contributed by atoms with E-state index in [1.54, 1.807) is 11.0 Å². The van der Waals surface area contributed by atoms with Crippen molar-refractivity contribution in [3.05, 3.63) is 59.7 Å². The maximum absolute atomic E-state index is 13.1. The minimum atomic E-state index is -0.221. The highest BCUT2D eigenvalue weighted by Gasteiger charge is 2.27. The van der Waals surface area contributed by atoms with E-state index in [2.05, 4.69) is 43.4 Å². The van der Waals surface area contributed by atoms with Gasteiger partial charge in [-0.2, -0.15) is 0 Å². The molecule has 3 rings (SSSR count). The molecule has 1 aliphatic rings. The lowest BCUT2D eigenvalue weighted by Crippen LogP contribution is -2.49. The van der Waals surface area contributed by atoms with Gasteiger partial charge in [0.05, 0.1) is 0 Å². The summed E-state index contributed by atoms with van der Waals surface area (Å²) in [7, 11) is 1.48. The van der Waals surface area contributed by atoms with Gasteiger partial charge in [-0.3, -0.25) is 9.69 Å². The molecule has 0 radical (unpaired) electrons. The molecule has 0 saturated carbocycles. The van der Waals surface area contributed by atoms with Gasteiger partial charge in [-0.1, -0.05) is 44.2 Å². The maximum atomic E-state index is 13.1. The van der Waals surface area contributed by atoms with E-state index in [0.29, 0.717) is 24.7 Å². The van der Waals surface area contributed by atoms with E-state index in [0.717, 1.165) is 24.2 Å². The summed E-state index contributed by atoms with van der Waals surface area (Å²) in [4.78, 5) is 28.5. The lowest BCUT2D eigenvalue weighted by atomic mass is 10.0. The number of urea groups is 1. The predicted octanol–water partition coefficient (Wildman–Crippen LogP) is 4.23. The minimum Gasteiger partial charge on any atom is -0.375 e. The fourth-order valence-corrected chi connectivity index (χ4v) is 3.48. The van der Waals surface area contributed by atoms with Crippen LogP contribution in [0.1, 0.15) is 37.3 Å². The fraction of sp³-hybridized carbons (Fsp3) is 0.391. The van der Waals surface area contributed by atoms with E-state index in [9.17, 15) is 9.59 Å². The summed E-state index contributed by atoms with van der Waals surface area (Å²) >= 11 is 0. The summed E-state index contributed by atoms with van der Waals surface area (Å²) in [6.07, 6.45) is 0.899. The molecule has 29 heavy (non-hydrogen) atoms. The van der Waals surface area contributed by atoms with E-state index in [1.165, 1.54) is 12.7 Å². The molecule has 1 N–H and O–H groups in total. The number of anilines is 2. The number of hydrogen-bond acceptors (Lipinski definition) is 3. The number of benzene rings is 2. The summed E-state index contributed by atoms with van der Waals surface area (Å²) in [6, 6.07) is 15.8. The quantitative estimate of drug-likeness (QED) is 0.763. The third-order valence-electron chi connectivity index (χ3n) is 5.05. The molecule has 1 aliphatic heterocycles. The second-order valence-corrected chi connectivity index (χ2v) is 7.64. The van der Waals surface area contributed by atoms with Crippen molar-refractivity contribution in [1.29, 1.82) is 0 Å². The SMILES string of the molecule is COCC(=O)Nc1cccc(N2CCCN(Cc3ccc(C(C)C)cc3)C2=O)c1. The summed E-state index contributed by atoms with van der Waals surface area (Å²) in [5.74, 6) is 0.272. The van der Waals surface area contributed by atoms with Gasteiger partial charge in [0.15, 0.2) is 0 Å². The molecular formula is C23H29N3O3. The molecule has 0 aliphatic carbocycles. The summed E-state index contributed by atoms with van der Waals surface area (Å²) in [6.45, 7) is 6.34. The summed E-state index contributed by atoms with van der Waals surface area (Å²) in [5.41, 5.74) is 3.86. The molecule has 6 nitrogen and oxygen atoms in total. The standard InChI is InChI=1S/C23H29N3O3/c1-17(2)19-10-8-18(9-11-19)15-25-12-5-13-26(23(25)28)21-7-4-6-20(14-21)24-22(27)16-29-3/h4,6-11,14,17H,5,12-13,15-16H2,1-3H3,(H,24,27). The minimum absolute atomic E-state index is 0.00372. The van der Waals surface area contributed by atoms with E-state index in [-0.39, 0.29) is 18.5 Å². The van der Waals surface area contributed by atoms with Crippen LogP contribution in [-0.2, 0) is 16.1 Å². The van der Waals surface area contributed by atoms with Crippen molar-refractivity contribution >= 4 is 23.3 Å². The van der Waals surface area contributed by atoms with Gasteiger partial charge in [-0.25, -0.2) is 4.79 Å². The van der Waals surface area contributed by atoms with E-state index in [4.69, 9.17) is 4.74 Å². The zero-order valence-electron chi connectivity index (χ0n) is 17.4. The Morgan fingerprint density at radius 1 is 1.14 bits per heavy atom. The average molecular weight is 396 g/mol. The highest BCUT2D eigenvalue weighted by Crippen LogP contribution is 2.25. The van der Waals surface area contributed by atoms with Crippen LogP contribution < -0.4 is 10.2 Å². The van der Waals surface area contributed by atoms with E-state index < -0.39 is 0 Å². The zero-order chi connectivity index (χ0) is 20.8. The van der Waals surface area contributed by atoms with Crippen LogP contribution in [0.5, 0.6) is 0 Å². The number of carbonyl (C=O) groups is 2. The van der Waals surface area contributed by atoms with E-state index in [1.807, 2.05) is 23.1 Å². The predicted molar refractivity (Wildman–Crippen MR) is 115 cm³/mol. The Bertz CT molecular complexity index is 849. The second kappa shape index (κ2) is 9.56. The van der Waals surface area contributed by atoms with Crippen molar-refractivity contribution in [1.82, 2.24) is 4.90 Å². The number of nitrogens with zero attached hydrogens (tertiary/aromatic N) is 2. The lowest BCUT2D eigenvalue weighted by molar-refractivity contribution is -0.119. The Kier molecular flexibility index (Phi) is 6.88. The molecule has 1 saturated heterocycles. The Morgan fingerprint density at radius 3 is 2.59 bits per heavy atom. The van der Waals surface area contributed by atoms with Gasteiger partial charge < -0.3 is 15.0 Å². The molecule has 0 unspecified atom stereocenters. The lowest BCUT2D eigenvalue weighted by Gasteiger charge is -2.36. The first-order chi connectivity index (χ1) is 14.0. The normalized spacial score (nSPS) is 14.4. The molecule has 2 aromatic rings. The van der Waals surface area contributed by atoms with E-state index >= 15 is 0 Å². The fourth-order valence-electron chi connectivity index (χ4n) is 3.48. The Balaban J connectivity index is 1.70. The molecule has 2 aromatic carbocycles. The van der Waals surface area contributed by atoms with Crippen molar-refractivity contribution in [2.24, 2.45) is 0 Å². The Labute approximate surface area is 172 Å². The van der Waals surface area contributed by atoms with Crippen molar-refractivity contribution in [3.63, 3.8) is 0 Å². The number of carbonyl (C=O) groups excluding carboxylic acids is 2. The summed E-state index contributed by atoms with van der Waals surface area (Å²) in [5, 5.41) is 2.79. The molecule has 154 valence electrons. The van der Waals surface area contributed by atoms with Crippen molar-refractivity contribution in [2.45, 2.75) is 32.7 Å². The van der Waals surface area contributed by atoms with Crippen molar-refractivity contribution < 1.29 is 14.3 Å². The number of rotatable bonds is 7. The Morgan fingerprint density at radius 2 is 1.90 bits per heavy atom. The number of methoxy groups -OCH3 is 1. The van der Waals surface area contributed by atoms with Crippen LogP contribution in [0.2, 0.25) is 0 Å². The van der Waals surface area contributed by atoms with Gasteiger partial charge in [0, 0.05) is 38.1 Å². The number of ether oxygens (including phenoxy) is 1. The molecule has 0 atom stereocenters. The van der Waals surface area contributed by atoms with Crippen LogP contribution >= 0.6 is 0 Å². The second-order valence-electron chi connectivity index (χ2n) is 7.64. The average Bonchev–Trinajstić information content (AvgIpc) is 2.70. The molecule has 1 fully saturated rings. The first-order valence-corrected chi connectivity index (χ1v) is 10.0. The van der Waals surface area contributed by atoms with Crippen LogP contribution in [0.25, 0.3) is 0 Å². The molecule has 0 bridgehead atoms. The van der Waals surface area contributed by atoms with Gasteiger partial charge in [-0.05, 0) is 41.7 Å². The summed E-state index contributed by atoms with van der Waals surface area (Å²) < 4.78 is 4.85. The van der Waals surface area contributed by atoms with Gasteiger partial charge >= 0.3 is 6.03 Å². The molecule has 3 amide bonds. The van der Waals surface area contributed by atoms with Crippen LogP contribution in [0.15, 0.2) is 48.5 Å². The highest BCUT2D eigenvalue weighted by molar-refractivity contribution is 5.95. The zero-order valence-corrected chi connectivity index (χ0v) is 17.4. The first-order valence-electron chi connectivity index (χ1n) is 10.0. The van der Waals surface area contributed by atoms with Gasteiger partial charge in [0.1, 0.15) is 6.61 Å². The molecular weight excluding hydrogens is 366 g/mol. The Hall–Kier alpha value is -2.86. The van der Waals surface area contributed by atoms with Crippen molar-refractivity contribution in [3.8, 4) is 0 Å². The van der Waals surface area contributed by atoms with Gasteiger partial charge in [-0.15, -0.1) is 0 Å². The third-order valence-corrected chi connectivity index (χ3v) is 5.05. The maximum Gasteiger partial charge on any atom is 0.324 e. The number of amides is 3. The molecule has 1 heterocycles. The largest absolute Gasteiger partial charge is 0.375 e. The third kappa shape index (κ3) is 5.35. The molecule has 0 aromatic heterocycles. The topological polar surface area (TPSA) is 61.9 Å². The smallest absolute Gasteiger partial charge is 0.324 e. The first kappa shape index (κ1) is 20.9. The number of hydrogen-bond donors (Lipinski definition) is 1. The molecule has 0 spiro atoms. The van der Waals surface area contributed by atoms with Gasteiger partial charge in [0.2, 0.25) is 5.91 Å². The van der Waals surface area contributed by atoms with Crippen molar-refractivity contribution in [2.75, 3.05) is 37.0 Å². The molecule has 6 heteroatoms. The van der Waals surface area contributed by atoms with Gasteiger partial charge in [0.25, 0.3) is 0 Å². The number of nitrogens with one attached hydrogen (secondary N) is 1. The van der Waals surface area contributed by atoms with Crippen LogP contribution in [0.4, 0.5) is 16.2 Å². The van der Waals surface area contributed by atoms with Crippen LogP contribution in [0, 0.1) is 0 Å². The van der Waals surface area contributed by atoms with Crippen LogP contribution in [-0.4, -0.2) is 43.6 Å². The monoisotopic (exact) mass is 395 g/mol. The van der Waals surface area contributed by atoms with Crippen LogP contribution in [0.3, 0.4) is 0 Å².